The molecule has 0 saturated heterocycles. The number of carbonyl (C=O) groups is 1. The first kappa shape index (κ1) is 14.4. The lowest BCUT2D eigenvalue weighted by Crippen LogP contribution is -2.39. The lowest BCUT2D eigenvalue weighted by Gasteiger charge is -2.25. The van der Waals surface area contributed by atoms with Crippen LogP contribution in [0.25, 0.3) is 0 Å². The molecule has 0 aromatic heterocycles. The minimum Gasteiger partial charge on any atom is -0.345 e. The molecule has 1 unspecified atom stereocenters. The number of hydrogen-bond donors (Lipinski definition) is 1. The molecule has 0 aromatic carbocycles. The van der Waals surface area contributed by atoms with Crippen molar-refractivity contribution >= 4 is 5.91 Å². The van der Waals surface area contributed by atoms with Gasteiger partial charge in [-0.3, -0.25) is 4.79 Å². The van der Waals surface area contributed by atoms with Crippen molar-refractivity contribution in [2.45, 2.75) is 34.1 Å². The van der Waals surface area contributed by atoms with E-state index in [0.717, 1.165) is 13.0 Å². The van der Waals surface area contributed by atoms with Crippen molar-refractivity contribution in [2.24, 2.45) is 23.5 Å². The van der Waals surface area contributed by atoms with Gasteiger partial charge in [0.05, 0.1) is 5.92 Å². The van der Waals surface area contributed by atoms with Crippen LogP contribution in [0.5, 0.6) is 0 Å². The third-order valence-corrected chi connectivity index (χ3v) is 2.79. The zero-order valence-electron chi connectivity index (χ0n) is 10.8. The van der Waals surface area contributed by atoms with Gasteiger partial charge >= 0.3 is 0 Å². The maximum atomic E-state index is 12.0. The fourth-order valence-corrected chi connectivity index (χ4v) is 1.50. The van der Waals surface area contributed by atoms with Crippen molar-refractivity contribution in [2.75, 3.05) is 20.1 Å². The number of nitrogens with two attached hydrogens (primary N) is 1. The van der Waals surface area contributed by atoms with Gasteiger partial charge in [-0.05, 0) is 18.3 Å². The van der Waals surface area contributed by atoms with E-state index < -0.39 is 0 Å². The van der Waals surface area contributed by atoms with Gasteiger partial charge in [0.1, 0.15) is 0 Å². The van der Waals surface area contributed by atoms with Gasteiger partial charge in [0, 0.05) is 20.1 Å². The Kier molecular flexibility index (Phi) is 6.57. The molecule has 0 bridgehead atoms. The highest BCUT2D eigenvalue weighted by Crippen LogP contribution is 2.13. The Bertz CT molecular complexity index is 190. The van der Waals surface area contributed by atoms with Crippen LogP contribution in [-0.4, -0.2) is 30.9 Å². The Balaban J connectivity index is 4.16. The Morgan fingerprint density at radius 1 is 1.27 bits per heavy atom. The molecule has 0 saturated carbocycles. The summed E-state index contributed by atoms with van der Waals surface area (Å²) in [6.45, 7) is 9.71. The maximum absolute atomic E-state index is 12.0. The summed E-state index contributed by atoms with van der Waals surface area (Å²) in [7, 11) is 1.87. The predicted octanol–water partition coefficient (Wildman–Crippen LogP) is 1.72. The standard InChI is InChI=1S/C12H26N2O/c1-9(2)6-7-14(5)12(15)11(8-13)10(3)4/h9-11H,6-8,13H2,1-5H3. The van der Waals surface area contributed by atoms with Gasteiger partial charge in [-0.25, -0.2) is 0 Å². The molecule has 0 radical (unpaired) electrons. The average molecular weight is 214 g/mol. The summed E-state index contributed by atoms with van der Waals surface area (Å²) in [5.41, 5.74) is 5.62. The molecule has 1 amide bonds. The highest BCUT2D eigenvalue weighted by atomic mass is 16.2. The molecule has 15 heavy (non-hydrogen) atoms. The topological polar surface area (TPSA) is 46.3 Å². The molecule has 90 valence electrons. The van der Waals surface area contributed by atoms with Gasteiger partial charge in [0.2, 0.25) is 5.91 Å². The molecule has 0 aliphatic rings. The molecule has 2 N–H and O–H groups in total. The zero-order chi connectivity index (χ0) is 12.0. The zero-order valence-corrected chi connectivity index (χ0v) is 10.8. The molecular formula is C12H26N2O. The van der Waals surface area contributed by atoms with Crippen LogP contribution in [0.1, 0.15) is 34.1 Å². The number of carbonyl (C=O) groups excluding carboxylic acids is 1. The molecule has 0 aliphatic carbocycles. The molecule has 3 nitrogen and oxygen atoms in total. The van der Waals surface area contributed by atoms with Gasteiger partial charge in [-0.2, -0.15) is 0 Å². The summed E-state index contributed by atoms with van der Waals surface area (Å²) < 4.78 is 0. The molecule has 0 heterocycles. The second kappa shape index (κ2) is 6.83. The molecule has 0 aliphatic heterocycles. The second-order valence-corrected chi connectivity index (χ2v) is 5.03. The molecular weight excluding hydrogens is 188 g/mol. The van der Waals surface area contributed by atoms with Gasteiger partial charge in [0.15, 0.2) is 0 Å². The number of nitrogens with zero attached hydrogens (tertiary/aromatic N) is 1. The van der Waals surface area contributed by atoms with Crippen LogP contribution in [0.2, 0.25) is 0 Å². The van der Waals surface area contributed by atoms with Crippen molar-refractivity contribution in [1.29, 1.82) is 0 Å². The Hall–Kier alpha value is -0.570. The van der Waals surface area contributed by atoms with Gasteiger partial charge in [-0.15, -0.1) is 0 Å². The molecule has 0 fully saturated rings. The van der Waals surface area contributed by atoms with Crippen molar-refractivity contribution in [1.82, 2.24) is 4.90 Å². The van der Waals surface area contributed by atoms with Gasteiger partial charge < -0.3 is 10.6 Å². The monoisotopic (exact) mass is 214 g/mol. The molecule has 1 atom stereocenters. The van der Waals surface area contributed by atoms with E-state index in [9.17, 15) is 4.79 Å². The first-order chi connectivity index (χ1) is 6.90. The van der Waals surface area contributed by atoms with Crippen LogP contribution in [-0.2, 0) is 4.79 Å². The number of amides is 1. The fourth-order valence-electron chi connectivity index (χ4n) is 1.50. The number of hydrogen-bond acceptors (Lipinski definition) is 2. The van der Waals surface area contributed by atoms with E-state index >= 15 is 0 Å². The third-order valence-electron chi connectivity index (χ3n) is 2.79. The van der Waals surface area contributed by atoms with Crippen LogP contribution in [0.3, 0.4) is 0 Å². The lowest BCUT2D eigenvalue weighted by molar-refractivity contribution is -0.135. The first-order valence-corrected chi connectivity index (χ1v) is 5.85. The van der Waals surface area contributed by atoms with E-state index in [1.54, 1.807) is 0 Å². The maximum Gasteiger partial charge on any atom is 0.226 e. The average Bonchev–Trinajstić information content (AvgIpc) is 2.14. The molecule has 0 spiro atoms. The van der Waals surface area contributed by atoms with E-state index in [0.29, 0.717) is 18.4 Å². The SMILES string of the molecule is CC(C)CCN(C)C(=O)C(CN)C(C)C. The fraction of sp³-hybridized carbons (Fsp3) is 0.917. The summed E-state index contributed by atoms with van der Waals surface area (Å²) in [5, 5.41) is 0. The number of rotatable bonds is 6. The van der Waals surface area contributed by atoms with Crippen molar-refractivity contribution in [3.63, 3.8) is 0 Å². The van der Waals surface area contributed by atoms with E-state index in [4.69, 9.17) is 5.73 Å². The van der Waals surface area contributed by atoms with Crippen LogP contribution < -0.4 is 5.73 Å². The second-order valence-electron chi connectivity index (χ2n) is 5.03. The minimum atomic E-state index is -0.0258. The van der Waals surface area contributed by atoms with E-state index in [1.165, 1.54) is 0 Å². The van der Waals surface area contributed by atoms with Crippen molar-refractivity contribution in [3.05, 3.63) is 0 Å². The highest BCUT2D eigenvalue weighted by molar-refractivity contribution is 5.79. The normalized spacial score (nSPS) is 13.3. The van der Waals surface area contributed by atoms with Crippen LogP contribution in [0.15, 0.2) is 0 Å². The predicted molar refractivity (Wildman–Crippen MR) is 64.5 cm³/mol. The Morgan fingerprint density at radius 2 is 1.80 bits per heavy atom. The van der Waals surface area contributed by atoms with Crippen molar-refractivity contribution < 1.29 is 4.79 Å². The minimum absolute atomic E-state index is 0.0258. The molecule has 0 rings (SSSR count). The van der Waals surface area contributed by atoms with Crippen LogP contribution >= 0.6 is 0 Å². The van der Waals surface area contributed by atoms with Crippen LogP contribution in [0, 0.1) is 17.8 Å². The Morgan fingerprint density at radius 3 is 2.13 bits per heavy atom. The summed E-state index contributed by atoms with van der Waals surface area (Å²) in [5.74, 6) is 1.12. The summed E-state index contributed by atoms with van der Waals surface area (Å²) >= 11 is 0. The summed E-state index contributed by atoms with van der Waals surface area (Å²) in [6, 6.07) is 0. The van der Waals surface area contributed by atoms with E-state index in [1.807, 2.05) is 25.8 Å². The summed E-state index contributed by atoms with van der Waals surface area (Å²) in [6.07, 6.45) is 1.05. The van der Waals surface area contributed by atoms with E-state index in [2.05, 4.69) is 13.8 Å². The summed E-state index contributed by atoms with van der Waals surface area (Å²) in [4.78, 5) is 13.8. The third kappa shape index (κ3) is 5.17. The Labute approximate surface area is 94.0 Å². The molecule has 0 aromatic rings. The lowest BCUT2D eigenvalue weighted by atomic mass is 9.94. The quantitative estimate of drug-likeness (QED) is 0.732. The van der Waals surface area contributed by atoms with Gasteiger partial charge in [0.25, 0.3) is 0 Å². The molecule has 3 heteroatoms. The van der Waals surface area contributed by atoms with E-state index in [-0.39, 0.29) is 11.8 Å². The van der Waals surface area contributed by atoms with Gasteiger partial charge in [-0.1, -0.05) is 27.7 Å². The largest absolute Gasteiger partial charge is 0.345 e. The highest BCUT2D eigenvalue weighted by Gasteiger charge is 2.23. The first-order valence-electron chi connectivity index (χ1n) is 5.85. The van der Waals surface area contributed by atoms with Crippen molar-refractivity contribution in [3.8, 4) is 0 Å². The van der Waals surface area contributed by atoms with Crippen LogP contribution in [0.4, 0.5) is 0 Å². The smallest absolute Gasteiger partial charge is 0.226 e.